The summed E-state index contributed by atoms with van der Waals surface area (Å²) in [5.74, 6) is 0. The van der Waals surface area contributed by atoms with Crippen LogP contribution in [0.15, 0.2) is 30.3 Å². The van der Waals surface area contributed by atoms with Gasteiger partial charge in [0.1, 0.15) is 0 Å². The minimum absolute atomic E-state index is 0.713. The fourth-order valence-corrected chi connectivity index (χ4v) is 3.71. The molecule has 2 fully saturated rings. The highest BCUT2D eigenvalue weighted by molar-refractivity contribution is 9.09. The van der Waals surface area contributed by atoms with Crippen LogP contribution in [0.3, 0.4) is 0 Å². The maximum atomic E-state index is 3.77. The van der Waals surface area contributed by atoms with Gasteiger partial charge in [0.2, 0.25) is 0 Å². The molecular formula is C15H20BrN. The molecule has 0 N–H and O–H groups in total. The van der Waals surface area contributed by atoms with Crippen molar-refractivity contribution in [1.82, 2.24) is 0 Å². The van der Waals surface area contributed by atoms with Gasteiger partial charge in [-0.05, 0) is 31.4 Å². The second kappa shape index (κ2) is 5.01. The zero-order valence-electron chi connectivity index (χ0n) is 10.2. The van der Waals surface area contributed by atoms with Crippen LogP contribution in [0.5, 0.6) is 0 Å². The fourth-order valence-electron chi connectivity index (χ4n) is 3.07. The molecule has 0 radical (unpaired) electrons. The molecule has 0 heterocycles. The molecule has 0 spiro atoms. The summed E-state index contributed by atoms with van der Waals surface area (Å²) in [5.41, 5.74) is 1.42. The number of hydrogen-bond acceptors (Lipinski definition) is 1. The quantitative estimate of drug-likeness (QED) is 0.749. The maximum absolute atomic E-state index is 3.77. The Labute approximate surface area is 112 Å². The van der Waals surface area contributed by atoms with Crippen molar-refractivity contribution in [3.8, 4) is 0 Å². The highest BCUT2D eigenvalue weighted by Gasteiger charge is 2.42. The first-order chi connectivity index (χ1) is 8.36. The van der Waals surface area contributed by atoms with Gasteiger partial charge in [-0.1, -0.05) is 53.4 Å². The first-order valence-electron chi connectivity index (χ1n) is 6.84. The topological polar surface area (TPSA) is 3.24 Å². The lowest BCUT2D eigenvalue weighted by molar-refractivity contribution is 0.413. The monoisotopic (exact) mass is 293 g/mol. The number of benzene rings is 1. The molecule has 92 valence electrons. The lowest BCUT2D eigenvalue weighted by atomic mass is 9.93. The number of nitrogens with zero attached hydrogens (tertiary/aromatic N) is 1. The van der Waals surface area contributed by atoms with Crippen molar-refractivity contribution in [1.29, 1.82) is 0 Å². The third kappa shape index (κ3) is 2.52. The normalized spacial score (nSPS) is 29.0. The predicted molar refractivity (Wildman–Crippen MR) is 76.9 cm³/mol. The second-order valence-electron chi connectivity index (χ2n) is 5.35. The molecule has 2 heteroatoms. The van der Waals surface area contributed by atoms with Crippen LogP contribution in [0.1, 0.15) is 38.5 Å². The van der Waals surface area contributed by atoms with E-state index in [4.69, 9.17) is 0 Å². The lowest BCUT2D eigenvalue weighted by Crippen LogP contribution is -2.39. The molecule has 2 saturated carbocycles. The molecule has 0 saturated heterocycles. The van der Waals surface area contributed by atoms with Crippen LogP contribution in [0.4, 0.5) is 5.69 Å². The van der Waals surface area contributed by atoms with Crippen molar-refractivity contribution in [3.63, 3.8) is 0 Å². The van der Waals surface area contributed by atoms with Crippen molar-refractivity contribution in [2.45, 2.75) is 55.4 Å². The number of halogens is 1. The lowest BCUT2D eigenvalue weighted by Gasteiger charge is -2.36. The summed E-state index contributed by atoms with van der Waals surface area (Å²) < 4.78 is 0. The van der Waals surface area contributed by atoms with Gasteiger partial charge in [0.25, 0.3) is 0 Å². The number of para-hydroxylation sites is 1. The van der Waals surface area contributed by atoms with Crippen LogP contribution >= 0.6 is 15.9 Å². The molecule has 1 aromatic carbocycles. The number of anilines is 1. The Morgan fingerprint density at radius 2 is 1.65 bits per heavy atom. The highest BCUT2D eigenvalue weighted by Crippen LogP contribution is 2.41. The van der Waals surface area contributed by atoms with Crippen molar-refractivity contribution in [3.05, 3.63) is 30.3 Å². The molecule has 0 aliphatic heterocycles. The highest BCUT2D eigenvalue weighted by atomic mass is 79.9. The number of rotatable bonds is 3. The zero-order chi connectivity index (χ0) is 11.7. The summed E-state index contributed by atoms with van der Waals surface area (Å²) in [6.45, 7) is 0. The van der Waals surface area contributed by atoms with Gasteiger partial charge in [-0.25, -0.2) is 0 Å². The average molecular weight is 294 g/mol. The molecule has 2 unspecified atom stereocenters. The van der Waals surface area contributed by atoms with E-state index in [0.29, 0.717) is 4.83 Å². The summed E-state index contributed by atoms with van der Waals surface area (Å²) in [7, 11) is 0. The SMILES string of the molecule is BrC1CC1N(c1ccccc1)C1CCCCC1. The van der Waals surface area contributed by atoms with Crippen LogP contribution < -0.4 is 4.90 Å². The minimum Gasteiger partial charge on any atom is -0.364 e. The van der Waals surface area contributed by atoms with Gasteiger partial charge in [-0.2, -0.15) is 0 Å². The van der Waals surface area contributed by atoms with Gasteiger partial charge in [-0.3, -0.25) is 0 Å². The molecule has 0 aromatic heterocycles. The average Bonchev–Trinajstić information content (AvgIpc) is 3.09. The van der Waals surface area contributed by atoms with E-state index in [1.165, 1.54) is 44.2 Å². The van der Waals surface area contributed by atoms with Crippen LogP contribution in [0.25, 0.3) is 0 Å². The van der Waals surface area contributed by atoms with E-state index in [1.54, 1.807) is 0 Å². The van der Waals surface area contributed by atoms with E-state index < -0.39 is 0 Å². The van der Waals surface area contributed by atoms with Crippen molar-refractivity contribution >= 4 is 21.6 Å². The Hall–Kier alpha value is -0.500. The summed E-state index contributed by atoms with van der Waals surface area (Å²) in [6.07, 6.45) is 8.32. The Bertz CT molecular complexity index is 358. The van der Waals surface area contributed by atoms with E-state index in [0.717, 1.165) is 12.1 Å². The Kier molecular flexibility index (Phi) is 3.41. The molecule has 1 nitrogen and oxygen atoms in total. The van der Waals surface area contributed by atoms with Crippen molar-refractivity contribution < 1.29 is 0 Å². The van der Waals surface area contributed by atoms with Crippen LogP contribution in [-0.4, -0.2) is 16.9 Å². The van der Waals surface area contributed by atoms with Crippen LogP contribution in [0.2, 0.25) is 0 Å². The van der Waals surface area contributed by atoms with Crippen molar-refractivity contribution in [2.24, 2.45) is 0 Å². The Balaban J connectivity index is 1.81. The zero-order valence-corrected chi connectivity index (χ0v) is 11.8. The first-order valence-corrected chi connectivity index (χ1v) is 7.75. The summed E-state index contributed by atoms with van der Waals surface area (Å²) in [5, 5.41) is 0. The maximum Gasteiger partial charge on any atom is 0.0430 e. The smallest absolute Gasteiger partial charge is 0.0430 e. The standard InChI is InChI=1S/C15H20BrN/c16-14-11-15(14)17(12-7-3-1-4-8-12)13-9-5-2-6-10-13/h1,3-4,7-8,13-15H,2,5-6,9-11H2. The summed E-state index contributed by atoms with van der Waals surface area (Å²) >= 11 is 3.77. The third-order valence-corrected chi connectivity index (χ3v) is 5.04. The first kappa shape index (κ1) is 11.6. The third-order valence-electron chi connectivity index (χ3n) is 4.06. The van der Waals surface area contributed by atoms with Crippen LogP contribution in [0, 0.1) is 0 Å². The molecule has 0 amide bonds. The van der Waals surface area contributed by atoms with Gasteiger partial charge < -0.3 is 4.90 Å². The van der Waals surface area contributed by atoms with Gasteiger partial charge in [0.15, 0.2) is 0 Å². The second-order valence-corrected chi connectivity index (χ2v) is 6.53. The van der Waals surface area contributed by atoms with Gasteiger partial charge >= 0.3 is 0 Å². The molecule has 17 heavy (non-hydrogen) atoms. The van der Waals surface area contributed by atoms with Gasteiger partial charge in [0.05, 0.1) is 0 Å². The predicted octanol–water partition coefficient (Wildman–Crippen LogP) is 4.36. The van der Waals surface area contributed by atoms with E-state index in [-0.39, 0.29) is 0 Å². The molecule has 0 bridgehead atoms. The van der Waals surface area contributed by atoms with Gasteiger partial charge in [0, 0.05) is 22.6 Å². The van der Waals surface area contributed by atoms with Crippen molar-refractivity contribution in [2.75, 3.05) is 4.90 Å². The molecular weight excluding hydrogens is 274 g/mol. The number of hydrogen-bond donors (Lipinski definition) is 0. The van der Waals surface area contributed by atoms with E-state index in [2.05, 4.69) is 51.2 Å². The molecule has 1 aromatic rings. The minimum atomic E-state index is 0.713. The Morgan fingerprint density at radius 3 is 2.24 bits per heavy atom. The van der Waals surface area contributed by atoms with Crippen LogP contribution in [-0.2, 0) is 0 Å². The van der Waals surface area contributed by atoms with E-state index in [1.807, 2.05) is 0 Å². The molecule has 2 atom stereocenters. The van der Waals surface area contributed by atoms with Gasteiger partial charge in [-0.15, -0.1) is 0 Å². The molecule has 3 rings (SSSR count). The van der Waals surface area contributed by atoms with E-state index in [9.17, 15) is 0 Å². The van der Waals surface area contributed by atoms with E-state index >= 15 is 0 Å². The summed E-state index contributed by atoms with van der Waals surface area (Å²) in [4.78, 5) is 3.41. The summed E-state index contributed by atoms with van der Waals surface area (Å²) in [6, 6.07) is 12.5. The fraction of sp³-hybridized carbons (Fsp3) is 0.600. The Morgan fingerprint density at radius 1 is 1.00 bits per heavy atom. The molecule has 2 aliphatic carbocycles. The number of alkyl halides is 1. The largest absolute Gasteiger partial charge is 0.364 e. The molecule has 2 aliphatic rings.